The number of esters is 2. The number of alkyl carbamates (subject to hydrolysis) is 1. The Kier molecular flexibility index (Phi) is 42.8. The third-order valence-electron chi connectivity index (χ3n) is 21.6. The number of nitrogens with two attached hydrogens (primary N) is 3. The highest BCUT2D eigenvalue weighted by atomic mass is 32.1. The number of hydrogen-bond acceptors (Lipinski definition) is 35. The minimum Gasteiger partial charge on any atom is -0.471 e. The predicted molar refractivity (Wildman–Crippen MR) is 584 cm³/mol. The molecule has 34 nitrogen and oxygen atoms in total. The maximum Gasteiger partial charge on any atom is 0.407 e. The largest absolute Gasteiger partial charge is 0.471 e. The number of anilines is 6. The molecule has 758 valence electrons. The summed E-state index contributed by atoms with van der Waals surface area (Å²) in [7, 11) is 0. The van der Waals surface area contributed by atoms with Crippen LogP contribution in [0.4, 0.5) is 45.1 Å². The summed E-state index contributed by atoms with van der Waals surface area (Å²) in [6.07, 6.45) is 10.6. The molecule has 0 fully saturated rings. The van der Waals surface area contributed by atoms with Crippen LogP contribution in [0.3, 0.4) is 0 Å². The first-order chi connectivity index (χ1) is 71.1. The summed E-state index contributed by atoms with van der Waals surface area (Å²) in [5.74, 6) is -0.271. The van der Waals surface area contributed by atoms with Crippen molar-refractivity contribution in [3.05, 3.63) is 269 Å². The molecule has 0 aliphatic carbocycles. The number of aliphatic imine (C=N–C) groups is 1. The zero-order valence-corrected chi connectivity index (χ0v) is 86.2. The Balaban J connectivity index is 0.000000180. The summed E-state index contributed by atoms with van der Waals surface area (Å²) in [6, 6.07) is 64.4. The molecule has 0 spiro atoms. The number of H-pyrrole nitrogens is 1. The van der Waals surface area contributed by atoms with Crippen LogP contribution in [0.5, 0.6) is 11.8 Å². The molecule has 15 aromatic rings. The van der Waals surface area contributed by atoms with Gasteiger partial charge < -0.3 is 91.2 Å². The van der Waals surface area contributed by atoms with Gasteiger partial charge in [0.1, 0.15) is 42.2 Å². The first-order valence-corrected chi connectivity index (χ1v) is 51.0. The highest BCUT2D eigenvalue weighted by molar-refractivity contribution is 7.21. The van der Waals surface area contributed by atoms with Crippen LogP contribution in [0.2, 0.25) is 0 Å². The number of aromatic nitrogens is 6. The molecule has 0 saturated heterocycles. The number of thiophene rings is 5. The van der Waals surface area contributed by atoms with Crippen LogP contribution in [0.1, 0.15) is 127 Å². The van der Waals surface area contributed by atoms with Gasteiger partial charge in [0.15, 0.2) is 11.9 Å². The maximum atomic E-state index is 12.5. The van der Waals surface area contributed by atoms with E-state index in [1.807, 2.05) is 147 Å². The summed E-state index contributed by atoms with van der Waals surface area (Å²) in [5.41, 5.74) is 27.0. The first kappa shape index (κ1) is 111. The van der Waals surface area contributed by atoms with Gasteiger partial charge in [0, 0.05) is 134 Å². The predicted octanol–water partition coefficient (Wildman–Crippen LogP) is 19.4. The van der Waals surface area contributed by atoms with Crippen LogP contribution >= 0.6 is 56.7 Å². The first-order valence-electron chi connectivity index (χ1n) is 46.8. The molecule has 1 aliphatic rings. The van der Waals surface area contributed by atoms with Gasteiger partial charge in [0.05, 0.1) is 106 Å². The van der Waals surface area contributed by atoms with Crippen LogP contribution < -0.4 is 51.6 Å². The average Bonchev–Trinajstić information content (AvgIpc) is 2.03. The van der Waals surface area contributed by atoms with Gasteiger partial charge in [0.2, 0.25) is 23.7 Å². The number of rotatable bonds is 38. The summed E-state index contributed by atoms with van der Waals surface area (Å²) in [5, 5.41) is 84.0. The highest BCUT2D eigenvalue weighted by Crippen LogP contribution is 2.38. The van der Waals surface area contributed by atoms with E-state index in [1.165, 1.54) is 72.1 Å². The normalized spacial score (nSPS) is 11.3. The molecule has 0 saturated carbocycles. The minimum atomic E-state index is -0.705. The van der Waals surface area contributed by atoms with Crippen molar-refractivity contribution in [1.82, 2.24) is 35.2 Å². The van der Waals surface area contributed by atoms with Gasteiger partial charge >= 0.3 is 18.0 Å². The molecule has 39 heteroatoms. The Hall–Kier alpha value is -15.9. The number of nitrogens with one attached hydrogen (secondary N) is 2. The molecule has 0 bridgehead atoms. The molecule has 12 N–H and O–H groups in total. The number of ether oxygens (including phenoxy) is 5. The van der Waals surface area contributed by atoms with Gasteiger partial charge in [-0.15, -0.1) is 56.7 Å². The number of aldehydes is 1. The molecule has 1 amide bonds. The van der Waals surface area contributed by atoms with E-state index in [0.29, 0.717) is 125 Å². The van der Waals surface area contributed by atoms with Gasteiger partial charge in [0.25, 0.3) is 11.4 Å². The third-order valence-corrected chi connectivity index (χ3v) is 26.5. The number of aromatic amines is 1. The molecular weight excluding hydrogens is 1960 g/mol. The minimum absolute atomic E-state index is 0.00610. The van der Waals surface area contributed by atoms with E-state index in [4.69, 9.17) is 85.1 Å². The van der Waals surface area contributed by atoms with E-state index < -0.39 is 29.2 Å². The number of nitrogens with zero attached hydrogens (tertiary/aromatic N) is 16. The van der Waals surface area contributed by atoms with Crippen LogP contribution in [0.25, 0.3) is 83.4 Å². The second-order valence-corrected chi connectivity index (χ2v) is 39.9. The highest BCUT2D eigenvalue weighted by Gasteiger charge is 2.25. The molecule has 147 heavy (non-hydrogen) atoms. The number of hydrogen-bond donors (Lipinski definition) is 9. The number of amides is 1. The fourth-order valence-corrected chi connectivity index (χ4v) is 19.3. The number of nitrogen functional groups attached to an aromatic ring is 2. The standard InChI is InChI=1S/C36H36N8O5S.C21H23N3O3S.C14H14N2O2S.C13H14N6O.C13H14N2OS.C11H12OS/c1-36(2,3)49-33(45)29(39-4)20-27-18-25-10-11-26(19-30(25)50-27)44(15-5-13-37)16-17-47-35(46)41-21-23-6-8-24(9-7-23)22-48-32-31-28(12-14-40-31)42-34(38)43-32;1-21(2,3)27-20(26)18(23-4)14-17-12-15-6-7-16(13-19(15)28-17)24(10-11-25)9-5-8-22;15-4-1-5-16(6-7-17)12-3-2-11-8-13(10-18)19-14(11)9-12;14-5-8-1-3-9(4-2-8)6-20-12-10-11(17-7-16-10)18-13(15)19-12;14-5-1-6-15(7-8-16)12-3-2-11-4-9-17-13(11)10-12;12-6-1-2-9-3-4-10-5-7-13-11(10)8-9/h6-11,14,18-20H,5,12,15-17,21-22H2,1-3H3,(H,41,46)(H2,38,42,43);6-7,12-14,25H,5,9-11H2,1-3H3;2-3,8-10,17H,1,5-7H2;1-4,7H,5-6,14H2,(H3,15,16,17,18,19);2-4,9-10,16H,1,6-8H2;3-5,7-8,12H,1-2,6H2/b29-20-;18-14-;;;;. The van der Waals surface area contributed by atoms with Crippen LogP contribution in [0, 0.1) is 58.5 Å². The molecule has 0 unspecified atom stereocenters. The van der Waals surface area contributed by atoms with E-state index in [1.54, 1.807) is 76.5 Å². The van der Waals surface area contributed by atoms with Crippen LogP contribution in [-0.2, 0) is 62.9 Å². The molecule has 8 aromatic heterocycles. The van der Waals surface area contributed by atoms with Crippen LogP contribution in [0.15, 0.2) is 203 Å². The van der Waals surface area contributed by atoms with Crippen LogP contribution in [-0.4, -0.2) is 177 Å². The van der Waals surface area contributed by atoms with Gasteiger partial charge in [-0.3, -0.25) is 19.4 Å². The monoisotopic (exact) mass is 2070 g/mol. The second kappa shape index (κ2) is 56.4. The lowest BCUT2D eigenvalue weighted by Gasteiger charge is -2.23. The molecule has 1 aliphatic heterocycles. The summed E-state index contributed by atoms with van der Waals surface area (Å²) in [6.45, 7) is 31.4. The number of nitriles is 4. The summed E-state index contributed by atoms with van der Waals surface area (Å²) in [4.78, 5) is 92.4. The van der Waals surface area contributed by atoms with E-state index in [9.17, 15) is 29.5 Å². The number of aryl methyl sites for hydroxylation is 1. The Morgan fingerprint density at radius 2 is 0.925 bits per heavy atom. The lowest BCUT2D eigenvalue weighted by Crippen LogP contribution is -2.31. The lowest BCUT2D eigenvalue weighted by molar-refractivity contribution is -0.150. The van der Waals surface area contributed by atoms with E-state index in [-0.39, 0.29) is 75.9 Å². The van der Waals surface area contributed by atoms with Crippen molar-refractivity contribution in [3.8, 4) is 36.0 Å². The number of carbonyl (C=O) groups excluding carboxylic acids is 4. The number of carbonyl (C=O) groups is 4. The SMILES string of the molecule is N#CCCN(CCO)c1ccc2cc(C=O)sc2c1.N#CCCN(CCO)c1ccc2ccsc2c1.NCc1ccc(COc2nc(N)nc3nc[nH]c23)cc1.OCCCc1ccc2ccsc2c1.[C-]#[N+]/C(=C\c1cc2ccc(N(CCC#N)CCOC(=O)NCc3ccc(COc4nc(N)nc5c4N=CC5)cc3)cc2s1)C(=O)OC(C)(C)C.[C-]#[N+]/C(=C\c1cc2ccc(N(CCO)CCC#N)cc2s1)C(=O)OC(C)(C)C. The fraction of sp³-hybridized carbons (Fsp3) is 0.296. The number of imidazole rings is 1. The van der Waals surface area contributed by atoms with Crippen molar-refractivity contribution in [3.63, 3.8) is 0 Å². The van der Waals surface area contributed by atoms with Crippen molar-refractivity contribution >= 4 is 201 Å². The fourth-order valence-electron chi connectivity index (χ4n) is 14.6. The van der Waals surface area contributed by atoms with Gasteiger partial charge in [-0.2, -0.15) is 36.0 Å². The van der Waals surface area contributed by atoms with Gasteiger partial charge in [-0.05, 0) is 217 Å². The number of benzene rings is 7. The quantitative estimate of drug-likeness (QED) is 0.00570. The third kappa shape index (κ3) is 34.4. The van der Waals surface area contributed by atoms with Crippen molar-refractivity contribution < 1.29 is 63.3 Å². The Morgan fingerprint density at radius 1 is 0.503 bits per heavy atom. The average molecular weight is 2070 g/mol. The Labute approximate surface area is 871 Å². The van der Waals surface area contributed by atoms with E-state index >= 15 is 0 Å². The number of fused-ring (bicyclic) bond motifs is 7. The van der Waals surface area contributed by atoms with Crippen molar-refractivity contribution in [2.24, 2.45) is 10.7 Å². The Bertz CT molecular complexity index is 7340. The number of aliphatic hydroxyl groups excluding tert-OH is 4. The maximum absolute atomic E-state index is 12.5. The van der Waals surface area contributed by atoms with Crippen molar-refractivity contribution in [2.45, 2.75) is 124 Å². The molecule has 7 aromatic carbocycles. The zero-order valence-electron chi connectivity index (χ0n) is 82.1. The van der Waals surface area contributed by atoms with Gasteiger partial charge in [-0.1, -0.05) is 84.9 Å². The molecule has 0 radical (unpaired) electrons. The van der Waals surface area contributed by atoms with Crippen molar-refractivity contribution in [2.75, 3.05) is 116 Å². The number of aliphatic hydroxyl groups is 4. The second-order valence-electron chi connectivity index (χ2n) is 34.6. The zero-order chi connectivity index (χ0) is 105. The smallest absolute Gasteiger partial charge is 0.407 e. The lowest BCUT2D eigenvalue weighted by atomic mass is 10.1. The summed E-state index contributed by atoms with van der Waals surface area (Å²) >= 11 is 7.83. The summed E-state index contributed by atoms with van der Waals surface area (Å²) < 4.78 is 33.2. The van der Waals surface area contributed by atoms with E-state index in [2.05, 4.69) is 127 Å². The topological polar surface area (TPSA) is 495 Å². The molecule has 0 atom stereocenters. The molecule has 9 heterocycles. The molecular formula is C108H113N21O13S5. The Morgan fingerprint density at radius 3 is 1.39 bits per heavy atom. The van der Waals surface area contributed by atoms with Gasteiger partial charge in [-0.25, -0.2) is 24.5 Å². The molecule has 16 rings (SSSR count). The van der Waals surface area contributed by atoms with E-state index in [0.717, 1.165) is 110 Å². The van der Waals surface area contributed by atoms with Crippen molar-refractivity contribution in [1.29, 1.82) is 21.0 Å².